The Balaban J connectivity index is 0.935. The topological polar surface area (TPSA) is 43.6 Å². The van der Waals surface area contributed by atoms with Crippen molar-refractivity contribution in [2.75, 3.05) is 0 Å². The van der Waals surface area contributed by atoms with Gasteiger partial charge in [-0.15, -0.1) is 0 Å². The number of benzene rings is 8. The van der Waals surface area contributed by atoms with E-state index in [1.807, 2.05) is 0 Å². The van der Waals surface area contributed by atoms with Gasteiger partial charge in [0.25, 0.3) is 0 Å². The fraction of sp³-hybridized carbons (Fsp3) is 0.0517. The van der Waals surface area contributed by atoms with Crippen LogP contribution < -0.4 is 0 Å². The Kier molecular flexibility index (Phi) is 7.61. The molecule has 0 aliphatic heterocycles. The minimum atomic E-state index is -0.431. The summed E-state index contributed by atoms with van der Waals surface area (Å²) < 4.78 is 2.32. The highest BCUT2D eigenvalue weighted by Crippen LogP contribution is 2.63. The van der Waals surface area contributed by atoms with Crippen LogP contribution in [0.25, 0.3) is 83.6 Å². The fourth-order valence-electron chi connectivity index (χ4n) is 10.7. The molecule has 8 aromatic carbocycles. The molecular formula is C58H38N4. The Hall–Kier alpha value is -7.95. The molecule has 290 valence electrons. The number of imidazole rings is 1. The van der Waals surface area contributed by atoms with E-state index in [1.54, 1.807) is 0 Å². The summed E-state index contributed by atoms with van der Waals surface area (Å²) in [5.41, 5.74) is 19.2. The van der Waals surface area contributed by atoms with E-state index in [0.29, 0.717) is 0 Å². The van der Waals surface area contributed by atoms with E-state index >= 15 is 0 Å². The third kappa shape index (κ3) is 4.98. The minimum absolute atomic E-state index is 0.215. The number of hydrogen-bond acceptors (Lipinski definition) is 3. The van der Waals surface area contributed by atoms with Gasteiger partial charge in [-0.25, -0.2) is 15.0 Å². The fourth-order valence-corrected chi connectivity index (χ4v) is 10.7. The molecule has 4 nitrogen and oxygen atoms in total. The molecule has 13 rings (SSSR count). The van der Waals surface area contributed by atoms with Crippen molar-refractivity contribution in [3.8, 4) is 61.7 Å². The molecule has 0 saturated heterocycles. The molecule has 3 aliphatic rings. The summed E-state index contributed by atoms with van der Waals surface area (Å²) in [7, 11) is 0. The Bertz CT molecular complexity index is 3450. The van der Waals surface area contributed by atoms with Crippen LogP contribution in [0.5, 0.6) is 0 Å². The lowest BCUT2D eigenvalue weighted by atomic mass is 9.70. The number of aromatic nitrogens is 4. The number of fused-ring (bicyclic) bond motifs is 12. The standard InChI is InChI=1S/C58H38N4/c1-3-16-39(17-4-1)57-60-52-36-40(34-35-53(52)62(57)41-18-5-2-6-19-41)37-30-32-38(33-31-37)55-45-23-10-14-29-51(45)59-56(61-55)46-24-15-28-50-54(46)44-22-9-13-27-49(44)58(50)47-25-11-7-20-42(47)43-21-8-12-26-48(43)58/h1-16,18-36,39H,17H2. The second-order valence-corrected chi connectivity index (χ2v) is 16.6. The van der Waals surface area contributed by atoms with Crippen LogP contribution in [0.1, 0.15) is 40.4 Å². The lowest BCUT2D eigenvalue weighted by Crippen LogP contribution is -2.25. The zero-order valence-corrected chi connectivity index (χ0v) is 33.8. The number of rotatable bonds is 5. The molecule has 1 unspecified atom stereocenters. The van der Waals surface area contributed by atoms with Gasteiger partial charge in [0.15, 0.2) is 5.82 Å². The Morgan fingerprint density at radius 2 is 1.10 bits per heavy atom. The van der Waals surface area contributed by atoms with Gasteiger partial charge in [-0.1, -0.05) is 182 Å². The smallest absolute Gasteiger partial charge is 0.161 e. The number of allylic oxidation sites excluding steroid dienone is 4. The quantitative estimate of drug-likeness (QED) is 0.174. The highest BCUT2D eigenvalue weighted by molar-refractivity contribution is 6.01. The second-order valence-electron chi connectivity index (χ2n) is 16.6. The van der Waals surface area contributed by atoms with Crippen LogP contribution in [-0.2, 0) is 5.41 Å². The van der Waals surface area contributed by atoms with E-state index in [4.69, 9.17) is 15.0 Å². The number of nitrogens with zero attached hydrogens (tertiary/aromatic N) is 4. The molecule has 0 N–H and O–H groups in total. The summed E-state index contributed by atoms with van der Waals surface area (Å²) in [5, 5.41) is 1.03. The van der Waals surface area contributed by atoms with Crippen LogP contribution in [0.3, 0.4) is 0 Å². The van der Waals surface area contributed by atoms with E-state index in [-0.39, 0.29) is 5.92 Å². The van der Waals surface area contributed by atoms with Crippen molar-refractivity contribution in [1.82, 2.24) is 19.5 Å². The Labute approximate surface area is 359 Å². The average molecular weight is 791 g/mol. The molecule has 2 heterocycles. The summed E-state index contributed by atoms with van der Waals surface area (Å²) in [6, 6.07) is 68.1. The molecule has 1 spiro atoms. The zero-order valence-electron chi connectivity index (χ0n) is 33.8. The molecule has 3 aliphatic carbocycles. The molecule has 0 amide bonds. The normalized spacial score (nSPS) is 15.2. The maximum absolute atomic E-state index is 5.49. The lowest BCUT2D eigenvalue weighted by molar-refractivity contribution is 0.758. The Morgan fingerprint density at radius 3 is 1.85 bits per heavy atom. The minimum Gasteiger partial charge on any atom is -0.296 e. The van der Waals surface area contributed by atoms with Gasteiger partial charge in [0.05, 0.1) is 27.7 Å². The van der Waals surface area contributed by atoms with Gasteiger partial charge in [-0.2, -0.15) is 0 Å². The van der Waals surface area contributed by atoms with Crippen molar-refractivity contribution in [2.45, 2.75) is 17.8 Å². The molecule has 2 aromatic heterocycles. The SMILES string of the molecule is C1=CCC(c2nc3cc(-c4ccc(-c5nc(-c6cccc7c6-c6ccccc6C76c7ccccc7-c7ccccc76)nc6ccccc56)cc4)ccc3n2-c2ccccc2)C=C1. The summed E-state index contributed by atoms with van der Waals surface area (Å²) in [4.78, 5) is 16.1. The first-order valence-corrected chi connectivity index (χ1v) is 21.5. The van der Waals surface area contributed by atoms with E-state index in [0.717, 1.165) is 73.6 Å². The molecule has 62 heavy (non-hydrogen) atoms. The van der Waals surface area contributed by atoms with Crippen molar-refractivity contribution in [1.29, 1.82) is 0 Å². The predicted molar refractivity (Wildman–Crippen MR) is 252 cm³/mol. The van der Waals surface area contributed by atoms with Crippen LogP contribution in [-0.4, -0.2) is 19.5 Å². The highest BCUT2D eigenvalue weighted by Gasteiger charge is 2.52. The maximum atomic E-state index is 5.49. The maximum Gasteiger partial charge on any atom is 0.161 e. The van der Waals surface area contributed by atoms with Gasteiger partial charge in [-0.05, 0) is 92.4 Å². The van der Waals surface area contributed by atoms with Crippen molar-refractivity contribution >= 4 is 21.9 Å². The third-order valence-electron chi connectivity index (χ3n) is 13.4. The Morgan fingerprint density at radius 1 is 0.468 bits per heavy atom. The summed E-state index contributed by atoms with van der Waals surface area (Å²) in [5.74, 6) is 2.00. The highest BCUT2D eigenvalue weighted by atomic mass is 15.1. The van der Waals surface area contributed by atoms with E-state index < -0.39 is 5.41 Å². The molecule has 0 radical (unpaired) electrons. The molecule has 1 atom stereocenters. The van der Waals surface area contributed by atoms with E-state index in [1.165, 1.54) is 44.5 Å². The van der Waals surface area contributed by atoms with Crippen LogP contribution in [0.4, 0.5) is 0 Å². The van der Waals surface area contributed by atoms with E-state index in [2.05, 4.69) is 217 Å². The zero-order chi connectivity index (χ0) is 40.8. The van der Waals surface area contributed by atoms with Crippen molar-refractivity contribution in [3.05, 3.63) is 240 Å². The van der Waals surface area contributed by atoms with Crippen molar-refractivity contribution in [3.63, 3.8) is 0 Å². The monoisotopic (exact) mass is 790 g/mol. The lowest BCUT2D eigenvalue weighted by Gasteiger charge is -2.30. The van der Waals surface area contributed by atoms with Gasteiger partial charge >= 0.3 is 0 Å². The first-order valence-electron chi connectivity index (χ1n) is 21.5. The molecule has 0 fully saturated rings. The van der Waals surface area contributed by atoms with Crippen LogP contribution in [0, 0.1) is 0 Å². The van der Waals surface area contributed by atoms with Crippen LogP contribution in [0.15, 0.2) is 212 Å². The van der Waals surface area contributed by atoms with Gasteiger partial charge < -0.3 is 0 Å². The largest absolute Gasteiger partial charge is 0.296 e. The summed E-state index contributed by atoms with van der Waals surface area (Å²) >= 11 is 0. The molecule has 0 bridgehead atoms. The first-order chi connectivity index (χ1) is 30.8. The van der Waals surface area contributed by atoms with Crippen LogP contribution in [0.2, 0.25) is 0 Å². The third-order valence-corrected chi connectivity index (χ3v) is 13.4. The molecule has 0 saturated carbocycles. The molecule has 4 heteroatoms. The van der Waals surface area contributed by atoms with Gasteiger partial charge in [0, 0.05) is 28.1 Å². The predicted octanol–water partition coefficient (Wildman–Crippen LogP) is 13.9. The first kappa shape index (κ1) is 34.9. The number of hydrogen-bond donors (Lipinski definition) is 0. The van der Waals surface area contributed by atoms with Crippen molar-refractivity contribution < 1.29 is 0 Å². The summed E-state index contributed by atoms with van der Waals surface area (Å²) in [6.07, 6.45) is 9.68. The van der Waals surface area contributed by atoms with E-state index in [9.17, 15) is 0 Å². The molecule has 10 aromatic rings. The van der Waals surface area contributed by atoms with Gasteiger partial charge in [0.2, 0.25) is 0 Å². The van der Waals surface area contributed by atoms with Crippen molar-refractivity contribution in [2.24, 2.45) is 0 Å². The second kappa shape index (κ2) is 13.5. The van der Waals surface area contributed by atoms with Gasteiger partial charge in [0.1, 0.15) is 5.82 Å². The molecular weight excluding hydrogens is 753 g/mol. The van der Waals surface area contributed by atoms with Crippen LogP contribution >= 0.6 is 0 Å². The van der Waals surface area contributed by atoms with Gasteiger partial charge in [-0.3, -0.25) is 4.57 Å². The summed E-state index contributed by atoms with van der Waals surface area (Å²) in [6.45, 7) is 0. The average Bonchev–Trinajstić information content (AvgIpc) is 3.99. The number of para-hydroxylation sites is 2.